The highest BCUT2D eigenvalue weighted by molar-refractivity contribution is 5.87. The third-order valence-electron chi connectivity index (χ3n) is 5.00. The van der Waals surface area contributed by atoms with Crippen LogP contribution in [0, 0.1) is 5.92 Å². The van der Waals surface area contributed by atoms with E-state index in [0.717, 1.165) is 16.7 Å². The van der Waals surface area contributed by atoms with Crippen LogP contribution in [0.4, 0.5) is 0 Å². The Bertz CT molecular complexity index is 887. The minimum absolute atomic E-state index is 0.130. The minimum Gasteiger partial charge on any atom is -0.466 e. The molecule has 1 N–H and O–H groups in total. The van der Waals surface area contributed by atoms with E-state index >= 15 is 0 Å². The van der Waals surface area contributed by atoms with Gasteiger partial charge in [0, 0.05) is 6.54 Å². The van der Waals surface area contributed by atoms with Crippen molar-refractivity contribution in [1.29, 1.82) is 0 Å². The smallest absolute Gasteiger partial charge is 0.311 e. The molecule has 4 nitrogen and oxygen atoms in total. The van der Waals surface area contributed by atoms with Crippen LogP contribution in [0.3, 0.4) is 0 Å². The third-order valence-corrected chi connectivity index (χ3v) is 5.00. The van der Waals surface area contributed by atoms with Crippen molar-refractivity contribution in [2.75, 3.05) is 13.2 Å². The molecular formula is C26H27NO3. The van der Waals surface area contributed by atoms with E-state index in [9.17, 15) is 9.59 Å². The SMILES string of the molecule is CCOC(=O)C(CNC(=O)C(c1ccccc1)c1ccccc1)Cc1ccccc1. The summed E-state index contributed by atoms with van der Waals surface area (Å²) in [5.41, 5.74) is 2.86. The Morgan fingerprint density at radius 1 is 0.800 bits per heavy atom. The zero-order valence-electron chi connectivity index (χ0n) is 17.2. The molecule has 0 radical (unpaired) electrons. The van der Waals surface area contributed by atoms with E-state index in [2.05, 4.69) is 5.32 Å². The largest absolute Gasteiger partial charge is 0.466 e. The van der Waals surface area contributed by atoms with Gasteiger partial charge in [0.1, 0.15) is 0 Å². The first-order valence-electron chi connectivity index (χ1n) is 10.3. The molecule has 3 aromatic carbocycles. The van der Waals surface area contributed by atoms with Crippen LogP contribution in [0.25, 0.3) is 0 Å². The first-order valence-corrected chi connectivity index (χ1v) is 10.3. The summed E-state index contributed by atoms with van der Waals surface area (Å²) >= 11 is 0. The average Bonchev–Trinajstić information content (AvgIpc) is 2.79. The van der Waals surface area contributed by atoms with Gasteiger partial charge >= 0.3 is 5.97 Å². The van der Waals surface area contributed by atoms with E-state index in [0.29, 0.717) is 13.0 Å². The lowest BCUT2D eigenvalue weighted by atomic mass is 9.90. The summed E-state index contributed by atoms with van der Waals surface area (Å²) in [6.45, 7) is 2.33. The molecule has 1 unspecified atom stereocenters. The van der Waals surface area contributed by atoms with E-state index in [1.54, 1.807) is 6.92 Å². The Morgan fingerprint density at radius 2 is 1.30 bits per heavy atom. The second-order valence-corrected chi connectivity index (χ2v) is 7.14. The van der Waals surface area contributed by atoms with E-state index in [-0.39, 0.29) is 18.4 Å². The maximum Gasteiger partial charge on any atom is 0.311 e. The first-order chi connectivity index (χ1) is 14.7. The quantitative estimate of drug-likeness (QED) is 0.542. The van der Waals surface area contributed by atoms with E-state index < -0.39 is 11.8 Å². The van der Waals surface area contributed by atoms with Crippen LogP contribution >= 0.6 is 0 Å². The lowest BCUT2D eigenvalue weighted by molar-refractivity contribution is -0.147. The van der Waals surface area contributed by atoms with Crippen molar-refractivity contribution in [1.82, 2.24) is 5.32 Å². The Hall–Kier alpha value is -3.40. The number of hydrogen-bond donors (Lipinski definition) is 1. The highest BCUT2D eigenvalue weighted by Gasteiger charge is 2.26. The van der Waals surface area contributed by atoms with Crippen molar-refractivity contribution in [3.63, 3.8) is 0 Å². The van der Waals surface area contributed by atoms with Crippen LogP contribution in [0.2, 0.25) is 0 Å². The molecule has 0 spiro atoms. The number of carbonyl (C=O) groups excluding carboxylic acids is 2. The molecule has 1 amide bonds. The van der Waals surface area contributed by atoms with Crippen molar-refractivity contribution in [2.24, 2.45) is 5.92 Å². The maximum atomic E-state index is 13.2. The molecule has 0 aliphatic carbocycles. The number of amides is 1. The zero-order valence-corrected chi connectivity index (χ0v) is 17.2. The number of esters is 1. The fraction of sp³-hybridized carbons (Fsp3) is 0.231. The summed E-state index contributed by atoms with van der Waals surface area (Å²) in [6.07, 6.45) is 0.515. The van der Waals surface area contributed by atoms with Crippen LogP contribution in [-0.4, -0.2) is 25.0 Å². The second kappa shape index (κ2) is 11.0. The highest BCUT2D eigenvalue weighted by Crippen LogP contribution is 2.25. The maximum absolute atomic E-state index is 13.2. The molecule has 0 heterocycles. The summed E-state index contributed by atoms with van der Waals surface area (Å²) in [6, 6.07) is 29.1. The van der Waals surface area contributed by atoms with Gasteiger partial charge in [-0.25, -0.2) is 0 Å². The normalized spacial score (nSPS) is 11.7. The van der Waals surface area contributed by atoms with Gasteiger partial charge in [0.15, 0.2) is 0 Å². The molecule has 1 atom stereocenters. The Balaban J connectivity index is 1.77. The predicted octanol–water partition coefficient (Wildman–Crippen LogP) is 4.36. The molecule has 0 aliphatic rings. The van der Waals surface area contributed by atoms with Crippen LogP contribution in [0.15, 0.2) is 91.0 Å². The fourth-order valence-electron chi connectivity index (χ4n) is 3.51. The van der Waals surface area contributed by atoms with Gasteiger partial charge in [-0.05, 0) is 30.0 Å². The lowest BCUT2D eigenvalue weighted by Crippen LogP contribution is -2.37. The molecule has 4 heteroatoms. The van der Waals surface area contributed by atoms with E-state index in [1.165, 1.54) is 0 Å². The van der Waals surface area contributed by atoms with Gasteiger partial charge in [-0.1, -0.05) is 91.0 Å². The number of benzene rings is 3. The molecule has 154 valence electrons. The lowest BCUT2D eigenvalue weighted by Gasteiger charge is -2.21. The van der Waals surface area contributed by atoms with E-state index in [4.69, 9.17) is 4.74 Å². The molecular weight excluding hydrogens is 374 g/mol. The molecule has 0 bridgehead atoms. The Kier molecular flexibility index (Phi) is 7.78. The molecule has 0 fully saturated rings. The standard InChI is InChI=1S/C26H27NO3/c1-2-30-26(29)23(18-20-12-6-3-7-13-20)19-27-25(28)24(21-14-8-4-9-15-21)22-16-10-5-11-17-22/h3-17,23-24H,2,18-19H2,1H3,(H,27,28). The number of ether oxygens (including phenoxy) is 1. The number of hydrogen-bond acceptors (Lipinski definition) is 3. The molecule has 0 saturated heterocycles. The van der Waals surface area contributed by atoms with Gasteiger partial charge in [0.05, 0.1) is 18.4 Å². The van der Waals surface area contributed by atoms with Crippen molar-refractivity contribution in [3.8, 4) is 0 Å². The topological polar surface area (TPSA) is 55.4 Å². The summed E-state index contributed by atoms with van der Waals surface area (Å²) in [4.78, 5) is 25.7. The van der Waals surface area contributed by atoms with Crippen molar-refractivity contribution in [3.05, 3.63) is 108 Å². The summed E-state index contributed by atoms with van der Waals surface area (Å²) in [5, 5.41) is 3.00. The minimum atomic E-state index is -0.441. The van der Waals surface area contributed by atoms with Crippen molar-refractivity contribution >= 4 is 11.9 Å². The molecule has 30 heavy (non-hydrogen) atoms. The Labute approximate surface area is 177 Å². The van der Waals surface area contributed by atoms with Crippen LogP contribution in [0.5, 0.6) is 0 Å². The molecule has 0 saturated carbocycles. The zero-order chi connectivity index (χ0) is 21.2. The summed E-state index contributed by atoms with van der Waals surface area (Å²) in [5.74, 6) is -1.30. The van der Waals surface area contributed by atoms with Gasteiger partial charge in [-0.15, -0.1) is 0 Å². The Morgan fingerprint density at radius 3 is 1.80 bits per heavy atom. The molecule has 0 aliphatic heterocycles. The molecule has 3 rings (SSSR count). The first kappa shape index (κ1) is 21.3. The summed E-state index contributed by atoms with van der Waals surface area (Å²) in [7, 11) is 0. The van der Waals surface area contributed by atoms with Gasteiger partial charge in [0.2, 0.25) is 5.91 Å². The van der Waals surface area contributed by atoms with Crippen molar-refractivity contribution in [2.45, 2.75) is 19.3 Å². The van der Waals surface area contributed by atoms with Crippen LogP contribution in [0.1, 0.15) is 29.5 Å². The summed E-state index contributed by atoms with van der Waals surface area (Å²) < 4.78 is 5.25. The number of nitrogens with one attached hydrogen (secondary N) is 1. The predicted molar refractivity (Wildman–Crippen MR) is 118 cm³/mol. The van der Waals surface area contributed by atoms with Gasteiger partial charge < -0.3 is 10.1 Å². The molecule has 0 aromatic heterocycles. The fourth-order valence-corrected chi connectivity index (χ4v) is 3.51. The van der Waals surface area contributed by atoms with Gasteiger partial charge in [-0.3, -0.25) is 9.59 Å². The number of carbonyl (C=O) groups is 2. The second-order valence-electron chi connectivity index (χ2n) is 7.14. The third kappa shape index (κ3) is 5.80. The van der Waals surface area contributed by atoms with E-state index in [1.807, 2.05) is 91.0 Å². The van der Waals surface area contributed by atoms with Gasteiger partial charge in [-0.2, -0.15) is 0 Å². The van der Waals surface area contributed by atoms with Crippen LogP contribution < -0.4 is 5.32 Å². The molecule has 3 aromatic rings. The highest BCUT2D eigenvalue weighted by atomic mass is 16.5. The number of rotatable bonds is 9. The van der Waals surface area contributed by atoms with Crippen molar-refractivity contribution < 1.29 is 14.3 Å². The average molecular weight is 402 g/mol. The van der Waals surface area contributed by atoms with Gasteiger partial charge in [0.25, 0.3) is 0 Å². The van der Waals surface area contributed by atoms with Crippen LogP contribution in [-0.2, 0) is 20.7 Å². The monoisotopic (exact) mass is 401 g/mol.